The minimum Gasteiger partial charge on any atom is -0.768 e. The Bertz CT molecular complexity index is 150. The first-order chi connectivity index (χ1) is 3.63. The van der Waals surface area contributed by atoms with Crippen molar-refractivity contribution < 1.29 is 8.76 Å². The fraction of sp³-hybridized carbons (Fsp3) is 0.400. The van der Waals surface area contributed by atoms with Crippen molar-refractivity contribution in [3.63, 3.8) is 0 Å². The van der Waals surface area contributed by atoms with Gasteiger partial charge in [-0.05, 0) is 30.5 Å². The molecule has 0 aliphatic carbocycles. The van der Waals surface area contributed by atoms with Crippen molar-refractivity contribution >= 4 is 11.1 Å². The number of allylic oxidation sites excluding steroid dienone is 1. The normalized spacial score (nSPS) is 11.9. The van der Waals surface area contributed by atoms with Crippen LogP contribution >= 0.6 is 0 Å². The minimum absolute atomic E-state index is 0.856. The van der Waals surface area contributed by atoms with E-state index in [-0.39, 0.29) is 0 Å². The molecule has 0 bridgehead atoms. The summed E-state index contributed by atoms with van der Waals surface area (Å²) in [4.78, 5) is 0. The Morgan fingerprint density at radius 1 is 1.75 bits per heavy atom. The smallest absolute Gasteiger partial charge is 0.0304 e. The van der Waals surface area contributed by atoms with E-state index >= 15 is 0 Å². The molecule has 0 aromatic heterocycles. The molecule has 0 fully saturated rings. The molecular formula is C5H7O2S-. The summed E-state index contributed by atoms with van der Waals surface area (Å²) >= 11 is -2.09. The number of hydrogen-bond acceptors (Lipinski definition) is 2. The van der Waals surface area contributed by atoms with Gasteiger partial charge in [0.05, 0.1) is 0 Å². The highest BCUT2D eigenvalue weighted by Gasteiger charge is 1.66. The molecule has 0 spiro atoms. The van der Waals surface area contributed by atoms with Crippen LogP contribution < -0.4 is 0 Å². The summed E-state index contributed by atoms with van der Waals surface area (Å²) in [6.45, 7) is 3.56. The molecule has 0 saturated carbocycles. The highest BCUT2D eigenvalue weighted by atomic mass is 32.2. The van der Waals surface area contributed by atoms with Gasteiger partial charge in [-0.2, -0.15) is 0 Å². The third kappa shape index (κ3) is 5.63. The van der Waals surface area contributed by atoms with E-state index in [4.69, 9.17) is 0 Å². The molecule has 2 nitrogen and oxygen atoms in total. The summed E-state index contributed by atoms with van der Waals surface area (Å²) in [5.41, 5.74) is 3.38. The quantitative estimate of drug-likeness (QED) is 0.392. The van der Waals surface area contributed by atoms with E-state index in [1.54, 1.807) is 13.8 Å². The van der Waals surface area contributed by atoms with Gasteiger partial charge >= 0.3 is 0 Å². The van der Waals surface area contributed by atoms with E-state index in [2.05, 4.69) is 5.73 Å². The van der Waals surface area contributed by atoms with Gasteiger partial charge in [0.25, 0.3) is 0 Å². The molecular weight excluding hydrogens is 124 g/mol. The van der Waals surface area contributed by atoms with Crippen LogP contribution in [0, 0.1) is 0 Å². The Labute approximate surface area is 51.2 Å². The van der Waals surface area contributed by atoms with Crippen molar-refractivity contribution in [2.45, 2.75) is 13.8 Å². The maximum Gasteiger partial charge on any atom is 0.0304 e. The standard InChI is InChI=1S/C5H8O2S/c1-5(2)3-4-8(6)7/h4H,1-2H3,(H,6,7)/p-1. The topological polar surface area (TPSA) is 40.1 Å². The zero-order valence-electron chi connectivity index (χ0n) is 4.80. The second-order valence-corrected chi connectivity index (χ2v) is 2.28. The lowest BCUT2D eigenvalue weighted by molar-refractivity contribution is 0.546. The molecule has 0 amide bonds. The van der Waals surface area contributed by atoms with Gasteiger partial charge in [-0.15, -0.1) is 5.73 Å². The van der Waals surface area contributed by atoms with Gasteiger partial charge in [0.1, 0.15) is 0 Å². The lowest BCUT2D eigenvalue weighted by Crippen LogP contribution is -1.74. The van der Waals surface area contributed by atoms with Crippen LogP contribution in [0.2, 0.25) is 0 Å². The van der Waals surface area contributed by atoms with Crippen LogP contribution in [0.25, 0.3) is 0 Å². The summed E-state index contributed by atoms with van der Waals surface area (Å²) in [6.07, 6.45) is 0. The van der Waals surface area contributed by atoms with Crippen molar-refractivity contribution in [1.82, 2.24) is 0 Å². The first-order valence-corrected chi connectivity index (χ1v) is 3.25. The molecule has 0 heterocycles. The maximum atomic E-state index is 9.77. The first-order valence-electron chi connectivity index (χ1n) is 2.11. The van der Waals surface area contributed by atoms with Crippen molar-refractivity contribution in [3.8, 4) is 0 Å². The largest absolute Gasteiger partial charge is 0.768 e. The molecule has 3 heteroatoms. The second-order valence-electron chi connectivity index (χ2n) is 1.52. The van der Waals surface area contributed by atoms with Crippen LogP contribution in [-0.2, 0) is 11.1 Å². The summed E-state index contributed by atoms with van der Waals surface area (Å²) in [5.74, 6) is 0. The predicted molar refractivity (Wildman–Crippen MR) is 31.9 cm³/mol. The summed E-state index contributed by atoms with van der Waals surface area (Å²) in [5, 5.41) is 0.995. The van der Waals surface area contributed by atoms with E-state index in [0.29, 0.717) is 0 Å². The van der Waals surface area contributed by atoms with Crippen molar-refractivity contribution in [1.29, 1.82) is 0 Å². The van der Waals surface area contributed by atoms with Crippen molar-refractivity contribution in [2.24, 2.45) is 0 Å². The molecule has 0 aliphatic rings. The molecule has 0 saturated heterocycles. The lowest BCUT2D eigenvalue weighted by Gasteiger charge is -1.89. The van der Waals surface area contributed by atoms with Crippen molar-refractivity contribution in [2.75, 3.05) is 0 Å². The Kier molecular flexibility index (Phi) is 3.44. The van der Waals surface area contributed by atoms with E-state index in [1.165, 1.54) is 0 Å². The van der Waals surface area contributed by atoms with Crippen LogP contribution in [-0.4, -0.2) is 8.76 Å². The summed E-state index contributed by atoms with van der Waals surface area (Å²) in [6, 6.07) is 0. The Balaban J connectivity index is 4.03. The van der Waals surface area contributed by atoms with Crippen LogP contribution in [0.1, 0.15) is 13.8 Å². The summed E-state index contributed by atoms with van der Waals surface area (Å²) < 4.78 is 19.5. The average Bonchev–Trinajstić information content (AvgIpc) is 1.61. The molecule has 1 unspecified atom stereocenters. The number of rotatable bonds is 1. The van der Waals surface area contributed by atoms with Crippen LogP contribution in [0.15, 0.2) is 16.7 Å². The molecule has 0 aliphatic heterocycles. The van der Waals surface area contributed by atoms with Gasteiger partial charge in [0.15, 0.2) is 0 Å². The van der Waals surface area contributed by atoms with Crippen LogP contribution in [0.4, 0.5) is 0 Å². The van der Waals surface area contributed by atoms with E-state index < -0.39 is 11.1 Å². The molecule has 0 aromatic carbocycles. The van der Waals surface area contributed by atoms with Gasteiger partial charge < -0.3 is 4.55 Å². The first kappa shape index (κ1) is 7.63. The molecule has 8 heavy (non-hydrogen) atoms. The highest BCUT2D eigenvalue weighted by molar-refractivity contribution is 7.82. The van der Waals surface area contributed by atoms with E-state index in [0.717, 1.165) is 11.0 Å². The summed E-state index contributed by atoms with van der Waals surface area (Å²) in [7, 11) is 0. The average molecular weight is 131 g/mol. The Morgan fingerprint density at radius 3 is 2.38 bits per heavy atom. The van der Waals surface area contributed by atoms with E-state index in [1.807, 2.05) is 0 Å². The maximum absolute atomic E-state index is 9.77. The van der Waals surface area contributed by atoms with E-state index in [9.17, 15) is 8.76 Å². The Morgan fingerprint density at radius 2 is 2.25 bits per heavy atom. The monoisotopic (exact) mass is 131 g/mol. The molecule has 0 N–H and O–H groups in total. The predicted octanol–water partition coefficient (Wildman–Crippen LogP) is 0.944. The molecule has 0 radical (unpaired) electrons. The third-order valence-corrected chi connectivity index (χ3v) is 0.754. The molecule has 46 valence electrons. The van der Waals surface area contributed by atoms with Gasteiger partial charge in [-0.25, -0.2) is 0 Å². The third-order valence-electron chi connectivity index (χ3n) is 0.444. The molecule has 0 aromatic rings. The fourth-order valence-corrected chi connectivity index (χ4v) is 0.498. The van der Waals surface area contributed by atoms with Gasteiger partial charge in [0, 0.05) is 5.41 Å². The van der Waals surface area contributed by atoms with Gasteiger partial charge in [-0.3, -0.25) is 4.21 Å². The van der Waals surface area contributed by atoms with Crippen molar-refractivity contribution in [3.05, 3.63) is 16.7 Å². The van der Waals surface area contributed by atoms with Crippen LogP contribution in [0.3, 0.4) is 0 Å². The zero-order chi connectivity index (χ0) is 6.57. The minimum atomic E-state index is -2.09. The molecule has 1 atom stereocenters. The van der Waals surface area contributed by atoms with Crippen LogP contribution in [0.5, 0.6) is 0 Å². The van der Waals surface area contributed by atoms with Gasteiger partial charge in [-0.1, -0.05) is 0 Å². The highest BCUT2D eigenvalue weighted by Crippen LogP contribution is 1.83. The van der Waals surface area contributed by atoms with Gasteiger partial charge in [0.2, 0.25) is 0 Å². The molecule has 0 rings (SSSR count). The lowest BCUT2D eigenvalue weighted by atomic mass is 10.4. The Hall–Kier alpha value is -0.370. The SMILES string of the molecule is CC(C)=C=CS(=O)[O-]. The number of hydrogen-bond donors (Lipinski definition) is 0. The second kappa shape index (κ2) is 3.61. The fourth-order valence-electron chi connectivity index (χ4n) is 0.166. The zero-order valence-corrected chi connectivity index (χ0v) is 5.62.